The number of amides is 2. The molecule has 1 aromatic heterocycles. The lowest BCUT2D eigenvalue weighted by Gasteiger charge is -2.32. The second kappa shape index (κ2) is 6.23. The van der Waals surface area contributed by atoms with E-state index in [2.05, 4.69) is 10.2 Å². The van der Waals surface area contributed by atoms with E-state index in [1.165, 1.54) is 6.07 Å². The highest BCUT2D eigenvalue weighted by Gasteiger charge is 2.39. The first-order valence-corrected chi connectivity index (χ1v) is 8.59. The van der Waals surface area contributed by atoms with Gasteiger partial charge in [-0.15, -0.1) is 0 Å². The summed E-state index contributed by atoms with van der Waals surface area (Å²) in [5, 5.41) is 16.9. The van der Waals surface area contributed by atoms with Crippen LogP contribution in [0.15, 0.2) is 30.5 Å². The molecule has 1 saturated heterocycles. The van der Waals surface area contributed by atoms with Gasteiger partial charge in [0.1, 0.15) is 11.8 Å². The number of hydrogen-bond acceptors (Lipinski definition) is 4. The van der Waals surface area contributed by atoms with Crippen molar-refractivity contribution in [3.05, 3.63) is 41.7 Å². The smallest absolute Gasteiger partial charge is 0.258 e. The Bertz CT molecular complexity index is 816. The lowest BCUT2D eigenvalue weighted by molar-refractivity contribution is -0.122. The van der Waals surface area contributed by atoms with E-state index in [0.29, 0.717) is 19.5 Å². The number of nitrogens with zero attached hydrogens (tertiary/aromatic N) is 3. The number of aromatic amines is 1. The summed E-state index contributed by atoms with van der Waals surface area (Å²) in [4.78, 5) is 29.3. The monoisotopic (exact) mass is 340 g/mol. The molecule has 0 spiro atoms. The summed E-state index contributed by atoms with van der Waals surface area (Å²) in [5.74, 6) is -0.414. The van der Waals surface area contributed by atoms with E-state index in [4.69, 9.17) is 0 Å². The summed E-state index contributed by atoms with van der Waals surface area (Å²) >= 11 is 0. The molecule has 2 aliphatic heterocycles. The van der Waals surface area contributed by atoms with Crippen molar-refractivity contribution in [2.24, 2.45) is 0 Å². The minimum atomic E-state index is -0.493. The Morgan fingerprint density at radius 3 is 2.88 bits per heavy atom. The van der Waals surface area contributed by atoms with E-state index in [1.54, 1.807) is 34.2 Å². The van der Waals surface area contributed by atoms with E-state index in [-0.39, 0.29) is 23.1 Å². The van der Waals surface area contributed by atoms with Crippen molar-refractivity contribution in [2.75, 3.05) is 18.0 Å². The number of para-hydroxylation sites is 1. The van der Waals surface area contributed by atoms with Crippen LogP contribution in [0.2, 0.25) is 0 Å². The number of anilines is 1. The van der Waals surface area contributed by atoms with Crippen LogP contribution in [0.4, 0.5) is 5.69 Å². The number of nitrogens with one attached hydrogen (secondary N) is 1. The van der Waals surface area contributed by atoms with Crippen LogP contribution in [0, 0.1) is 0 Å². The molecule has 1 aromatic carbocycles. The SMILES string of the molecule is O=C(C1CCCN1C(=O)c1ccccc1O)N1CCCc2[nH]ncc21. The molecule has 0 radical (unpaired) electrons. The van der Waals surface area contributed by atoms with Crippen LogP contribution in [0.3, 0.4) is 0 Å². The summed E-state index contributed by atoms with van der Waals surface area (Å²) in [6.07, 6.45) is 4.85. The number of rotatable bonds is 2. The maximum absolute atomic E-state index is 13.1. The molecule has 1 unspecified atom stereocenters. The molecule has 2 amide bonds. The Hall–Kier alpha value is -2.83. The summed E-state index contributed by atoms with van der Waals surface area (Å²) in [5.41, 5.74) is 2.03. The van der Waals surface area contributed by atoms with Gasteiger partial charge in [0.25, 0.3) is 5.91 Å². The van der Waals surface area contributed by atoms with Gasteiger partial charge >= 0.3 is 0 Å². The summed E-state index contributed by atoms with van der Waals surface area (Å²) in [6.45, 7) is 1.16. The van der Waals surface area contributed by atoms with Crippen molar-refractivity contribution >= 4 is 17.5 Å². The largest absolute Gasteiger partial charge is 0.507 e. The first-order valence-electron chi connectivity index (χ1n) is 8.59. The van der Waals surface area contributed by atoms with Crippen LogP contribution in [-0.2, 0) is 11.2 Å². The van der Waals surface area contributed by atoms with Gasteiger partial charge in [0.05, 0.1) is 23.1 Å². The van der Waals surface area contributed by atoms with Gasteiger partial charge in [-0.05, 0) is 37.8 Å². The van der Waals surface area contributed by atoms with Crippen LogP contribution in [0.25, 0.3) is 0 Å². The zero-order valence-electron chi connectivity index (χ0n) is 13.8. The van der Waals surface area contributed by atoms with E-state index >= 15 is 0 Å². The third-order valence-corrected chi connectivity index (χ3v) is 4.99. The summed E-state index contributed by atoms with van der Waals surface area (Å²) < 4.78 is 0. The second-order valence-electron chi connectivity index (χ2n) is 6.50. The molecule has 3 heterocycles. The highest BCUT2D eigenvalue weighted by atomic mass is 16.3. The van der Waals surface area contributed by atoms with Gasteiger partial charge in [-0.3, -0.25) is 14.7 Å². The fourth-order valence-electron chi connectivity index (χ4n) is 3.74. The van der Waals surface area contributed by atoms with E-state index in [9.17, 15) is 14.7 Å². The van der Waals surface area contributed by atoms with Gasteiger partial charge in [0.2, 0.25) is 5.91 Å². The molecule has 0 aliphatic carbocycles. The number of benzene rings is 1. The van der Waals surface area contributed by atoms with Crippen LogP contribution in [0.5, 0.6) is 5.75 Å². The van der Waals surface area contributed by atoms with Crippen LogP contribution in [-0.4, -0.2) is 51.1 Å². The maximum Gasteiger partial charge on any atom is 0.258 e. The Morgan fingerprint density at radius 1 is 1.20 bits per heavy atom. The maximum atomic E-state index is 13.1. The molecule has 4 rings (SSSR count). The number of hydrogen-bond donors (Lipinski definition) is 2. The average molecular weight is 340 g/mol. The van der Waals surface area contributed by atoms with E-state index in [0.717, 1.165) is 30.6 Å². The van der Waals surface area contributed by atoms with Crippen molar-refractivity contribution in [3.8, 4) is 5.75 Å². The molecule has 2 N–H and O–H groups in total. The normalized spacial score (nSPS) is 19.8. The van der Waals surface area contributed by atoms with Gasteiger partial charge in [-0.25, -0.2) is 0 Å². The fourth-order valence-corrected chi connectivity index (χ4v) is 3.74. The number of phenols is 1. The number of fused-ring (bicyclic) bond motifs is 1. The molecular weight excluding hydrogens is 320 g/mol. The quantitative estimate of drug-likeness (QED) is 0.871. The predicted octanol–water partition coefficient (Wildman–Crippen LogP) is 1.70. The molecule has 1 atom stereocenters. The third kappa shape index (κ3) is 2.65. The van der Waals surface area contributed by atoms with Gasteiger partial charge < -0.3 is 14.9 Å². The standard InChI is InChI=1S/C18H20N4O3/c23-16-8-2-1-5-12(16)17(24)21-10-4-7-14(21)18(25)22-9-3-6-13-15(22)11-19-20-13/h1-2,5,8,11,14,23H,3-4,6-7,9-10H2,(H,19,20). The number of carbonyl (C=O) groups is 2. The summed E-state index contributed by atoms with van der Waals surface area (Å²) in [6, 6.07) is 5.97. The third-order valence-electron chi connectivity index (χ3n) is 4.99. The molecule has 0 saturated carbocycles. The van der Waals surface area contributed by atoms with Crippen molar-refractivity contribution in [3.63, 3.8) is 0 Å². The molecular formula is C18H20N4O3. The lowest BCUT2D eigenvalue weighted by atomic mass is 10.1. The van der Waals surface area contributed by atoms with Gasteiger partial charge in [0.15, 0.2) is 0 Å². The van der Waals surface area contributed by atoms with Crippen LogP contribution in [0.1, 0.15) is 35.3 Å². The Morgan fingerprint density at radius 2 is 2.04 bits per heavy atom. The number of likely N-dealkylation sites (tertiary alicyclic amines) is 1. The molecule has 2 aromatic rings. The van der Waals surface area contributed by atoms with Crippen molar-refractivity contribution in [1.82, 2.24) is 15.1 Å². The molecule has 7 heteroatoms. The van der Waals surface area contributed by atoms with Crippen molar-refractivity contribution in [1.29, 1.82) is 0 Å². The average Bonchev–Trinajstić information content (AvgIpc) is 3.29. The minimum Gasteiger partial charge on any atom is -0.507 e. The number of phenolic OH excluding ortho intramolecular Hbond substituents is 1. The number of aryl methyl sites for hydroxylation is 1. The van der Waals surface area contributed by atoms with E-state index in [1.807, 2.05) is 0 Å². The van der Waals surface area contributed by atoms with E-state index < -0.39 is 6.04 Å². The number of aromatic hydroxyl groups is 1. The lowest BCUT2D eigenvalue weighted by Crippen LogP contribution is -2.49. The molecule has 7 nitrogen and oxygen atoms in total. The zero-order chi connectivity index (χ0) is 17.4. The Balaban J connectivity index is 1.59. The number of carbonyl (C=O) groups excluding carboxylic acids is 2. The molecule has 0 bridgehead atoms. The minimum absolute atomic E-state index is 0.0549. The zero-order valence-corrected chi connectivity index (χ0v) is 13.8. The molecule has 1 fully saturated rings. The molecule has 25 heavy (non-hydrogen) atoms. The Labute approximate surface area is 145 Å². The van der Waals surface area contributed by atoms with Gasteiger partial charge in [-0.2, -0.15) is 5.10 Å². The molecule has 130 valence electrons. The fraction of sp³-hybridized carbons (Fsp3) is 0.389. The first-order chi connectivity index (χ1) is 12.2. The molecule has 2 aliphatic rings. The number of aromatic nitrogens is 2. The van der Waals surface area contributed by atoms with Crippen molar-refractivity contribution in [2.45, 2.75) is 31.7 Å². The number of H-pyrrole nitrogens is 1. The first kappa shape index (κ1) is 15.7. The second-order valence-corrected chi connectivity index (χ2v) is 6.50. The van der Waals surface area contributed by atoms with Gasteiger partial charge in [-0.1, -0.05) is 12.1 Å². The van der Waals surface area contributed by atoms with Gasteiger partial charge in [0, 0.05) is 13.1 Å². The predicted molar refractivity (Wildman–Crippen MR) is 91.4 cm³/mol. The van der Waals surface area contributed by atoms with Crippen molar-refractivity contribution < 1.29 is 14.7 Å². The highest BCUT2D eigenvalue weighted by molar-refractivity contribution is 6.04. The van der Waals surface area contributed by atoms with Crippen LogP contribution >= 0.6 is 0 Å². The highest BCUT2D eigenvalue weighted by Crippen LogP contribution is 2.30. The Kier molecular flexibility index (Phi) is 3.91. The summed E-state index contributed by atoms with van der Waals surface area (Å²) in [7, 11) is 0. The van der Waals surface area contributed by atoms with Crippen LogP contribution < -0.4 is 4.90 Å². The topological polar surface area (TPSA) is 89.5 Å².